The smallest absolute Gasteiger partial charge is 0.277 e. The Bertz CT molecular complexity index is 681. The number of aromatic nitrogens is 3. The third kappa shape index (κ3) is 2.84. The van der Waals surface area contributed by atoms with Gasteiger partial charge in [0.15, 0.2) is 6.61 Å². The molecule has 0 spiro atoms. The van der Waals surface area contributed by atoms with E-state index in [-0.39, 0.29) is 6.61 Å². The highest BCUT2D eigenvalue weighted by atomic mass is 32.1. The molecule has 6 nitrogen and oxygen atoms in total. The molecule has 2 N–H and O–H groups in total. The molecule has 102 valence electrons. The second kappa shape index (κ2) is 5.81. The highest BCUT2D eigenvalue weighted by Gasteiger charge is 2.12. The van der Waals surface area contributed by atoms with Crippen molar-refractivity contribution in [2.75, 3.05) is 0 Å². The summed E-state index contributed by atoms with van der Waals surface area (Å²) >= 11 is 1.47. The molecule has 1 aromatic carbocycles. The number of nitrogens with two attached hydrogens (primary N) is 1. The van der Waals surface area contributed by atoms with Crippen LogP contribution in [0.5, 0.6) is 5.75 Å². The van der Waals surface area contributed by atoms with Crippen molar-refractivity contribution < 1.29 is 9.26 Å². The molecule has 2 heterocycles. The summed E-state index contributed by atoms with van der Waals surface area (Å²) in [6, 6.07) is 9.47. The van der Waals surface area contributed by atoms with Crippen LogP contribution in [-0.4, -0.2) is 15.1 Å². The van der Waals surface area contributed by atoms with E-state index in [1.807, 2.05) is 35.7 Å². The Balaban J connectivity index is 1.67. The van der Waals surface area contributed by atoms with E-state index in [4.69, 9.17) is 15.0 Å². The predicted octanol–water partition coefficient (Wildman–Crippen LogP) is 2.23. The Morgan fingerprint density at radius 3 is 2.80 bits per heavy atom. The van der Waals surface area contributed by atoms with Gasteiger partial charge in [-0.05, 0) is 12.1 Å². The molecule has 0 saturated heterocycles. The average Bonchev–Trinajstić information content (AvgIpc) is 3.15. The first-order valence-corrected chi connectivity index (χ1v) is 6.88. The lowest BCUT2D eigenvalue weighted by molar-refractivity contribution is 0.287. The molecular formula is C13H12N4O2S. The van der Waals surface area contributed by atoms with Crippen LogP contribution in [0.4, 0.5) is 0 Å². The topological polar surface area (TPSA) is 87.1 Å². The summed E-state index contributed by atoms with van der Waals surface area (Å²) in [5, 5.41) is 6.54. The van der Waals surface area contributed by atoms with Crippen molar-refractivity contribution >= 4 is 11.3 Å². The molecule has 0 unspecified atom stereocenters. The molecule has 2 aromatic heterocycles. The monoisotopic (exact) mass is 288 g/mol. The van der Waals surface area contributed by atoms with Crippen LogP contribution in [0.2, 0.25) is 0 Å². The van der Waals surface area contributed by atoms with Crippen LogP contribution in [0, 0.1) is 0 Å². The van der Waals surface area contributed by atoms with Crippen LogP contribution in [0.25, 0.3) is 11.6 Å². The van der Waals surface area contributed by atoms with Gasteiger partial charge < -0.3 is 15.0 Å². The first-order valence-electron chi connectivity index (χ1n) is 6.00. The number of ether oxygens (including phenoxy) is 1. The molecule has 7 heteroatoms. The lowest BCUT2D eigenvalue weighted by Crippen LogP contribution is -1.97. The van der Waals surface area contributed by atoms with Gasteiger partial charge in [-0.25, -0.2) is 4.98 Å². The van der Waals surface area contributed by atoms with Gasteiger partial charge in [0, 0.05) is 11.9 Å². The molecule has 0 aliphatic heterocycles. The molecule has 0 aliphatic rings. The normalized spacial score (nSPS) is 10.7. The highest BCUT2D eigenvalue weighted by Crippen LogP contribution is 2.20. The molecule has 0 aliphatic carbocycles. The van der Waals surface area contributed by atoms with Crippen LogP contribution < -0.4 is 10.5 Å². The number of hydrogen-bond acceptors (Lipinski definition) is 7. The zero-order chi connectivity index (χ0) is 13.8. The first kappa shape index (κ1) is 12.8. The zero-order valence-electron chi connectivity index (χ0n) is 10.5. The summed E-state index contributed by atoms with van der Waals surface area (Å²) in [5.41, 5.74) is 6.17. The number of para-hydroxylation sites is 1. The molecular weight excluding hydrogens is 276 g/mol. The van der Waals surface area contributed by atoms with Crippen molar-refractivity contribution in [3.63, 3.8) is 0 Å². The summed E-state index contributed by atoms with van der Waals surface area (Å²) in [6.45, 7) is 0.657. The Labute approximate surface area is 119 Å². The van der Waals surface area contributed by atoms with Crippen molar-refractivity contribution in [3.8, 4) is 17.3 Å². The van der Waals surface area contributed by atoms with Crippen molar-refractivity contribution in [3.05, 3.63) is 46.5 Å². The quantitative estimate of drug-likeness (QED) is 0.774. The number of hydrogen-bond donors (Lipinski definition) is 1. The molecule has 0 radical (unpaired) electrons. The van der Waals surface area contributed by atoms with E-state index in [0.29, 0.717) is 24.0 Å². The largest absolute Gasteiger partial charge is 0.485 e. The molecule has 3 aromatic rings. The minimum atomic E-state index is 0.251. The third-order valence-electron chi connectivity index (χ3n) is 2.52. The fourth-order valence-corrected chi connectivity index (χ4v) is 2.23. The number of benzene rings is 1. The van der Waals surface area contributed by atoms with E-state index in [1.165, 1.54) is 11.3 Å². The van der Waals surface area contributed by atoms with Crippen molar-refractivity contribution in [1.82, 2.24) is 15.1 Å². The molecule has 0 atom stereocenters. The minimum Gasteiger partial charge on any atom is -0.485 e. The maximum absolute atomic E-state index is 5.54. The van der Waals surface area contributed by atoms with Crippen LogP contribution >= 0.6 is 11.3 Å². The molecule has 0 bridgehead atoms. The molecule has 0 amide bonds. The van der Waals surface area contributed by atoms with E-state index >= 15 is 0 Å². The SMILES string of the molecule is NCc1nc(-c2nc(COc3ccccc3)no2)cs1. The van der Waals surface area contributed by atoms with Gasteiger partial charge in [-0.3, -0.25) is 0 Å². The summed E-state index contributed by atoms with van der Waals surface area (Å²) in [5.74, 6) is 1.62. The fourth-order valence-electron chi connectivity index (χ4n) is 1.58. The standard InChI is InChI=1S/C13H12N4O2S/c14-6-12-15-10(8-20-12)13-16-11(17-19-13)7-18-9-4-2-1-3-5-9/h1-5,8H,6-7,14H2. The second-order valence-electron chi connectivity index (χ2n) is 3.95. The Morgan fingerprint density at radius 1 is 1.20 bits per heavy atom. The third-order valence-corrected chi connectivity index (χ3v) is 3.40. The number of thiazole rings is 1. The van der Waals surface area contributed by atoms with E-state index < -0.39 is 0 Å². The van der Waals surface area contributed by atoms with Gasteiger partial charge in [0.1, 0.15) is 16.5 Å². The highest BCUT2D eigenvalue weighted by molar-refractivity contribution is 7.09. The van der Waals surface area contributed by atoms with Crippen LogP contribution in [-0.2, 0) is 13.2 Å². The first-order chi connectivity index (χ1) is 9.85. The van der Waals surface area contributed by atoms with Gasteiger partial charge in [-0.2, -0.15) is 4.98 Å². The summed E-state index contributed by atoms with van der Waals surface area (Å²) in [6.07, 6.45) is 0. The van der Waals surface area contributed by atoms with Crippen LogP contribution in [0.1, 0.15) is 10.8 Å². The van der Waals surface area contributed by atoms with Crippen molar-refractivity contribution in [2.45, 2.75) is 13.2 Å². The van der Waals surface area contributed by atoms with E-state index in [0.717, 1.165) is 10.8 Å². The molecule has 20 heavy (non-hydrogen) atoms. The van der Waals surface area contributed by atoms with Gasteiger partial charge in [0.25, 0.3) is 5.89 Å². The van der Waals surface area contributed by atoms with Crippen LogP contribution in [0.3, 0.4) is 0 Å². The van der Waals surface area contributed by atoms with Gasteiger partial charge in [0.05, 0.1) is 0 Å². The van der Waals surface area contributed by atoms with Gasteiger partial charge in [-0.1, -0.05) is 23.4 Å². The minimum absolute atomic E-state index is 0.251. The summed E-state index contributed by atoms with van der Waals surface area (Å²) in [7, 11) is 0. The van der Waals surface area contributed by atoms with Crippen molar-refractivity contribution in [1.29, 1.82) is 0 Å². The van der Waals surface area contributed by atoms with E-state index in [9.17, 15) is 0 Å². The van der Waals surface area contributed by atoms with Gasteiger partial charge in [0.2, 0.25) is 5.82 Å². The number of rotatable bonds is 5. The van der Waals surface area contributed by atoms with E-state index in [1.54, 1.807) is 0 Å². The Kier molecular flexibility index (Phi) is 3.71. The molecule has 0 fully saturated rings. The number of nitrogens with zero attached hydrogens (tertiary/aromatic N) is 3. The zero-order valence-corrected chi connectivity index (χ0v) is 11.3. The van der Waals surface area contributed by atoms with Crippen LogP contribution in [0.15, 0.2) is 40.2 Å². The van der Waals surface area contributed by atoms with Gasteiger partial charge >= 0.3 is 0 Å². The maximum atomic E-state index is 5.54. The predicted molar refractivity (Wildman–Crippen MR) is 74.1 cm³/mol. The van der Waals surface area contributed by atoms with Gasteiger partial charge in [-0.15, -0.1) is 11.3 Å². The molecule has 3 rings (SSSR count). The van der Waals surface area contributed by atoms with E-state index in [2.05, 4.69) is 15.1 Å². The lowest BCUT2D eigenvalue weighted by Gasteiger charge is -2.01. The summed E-state index contributed by atoms with van der Waals surface area (Å²) < 4.78 is 10.7. The molecule has 0 saturated carbocycles. The van der Waals surface area contributed by atoms with Crippen molar-refractivity contribution in [2.24, 2.45) is 5.73 Å². The Hall–Kier alpha value is -2.25. The average molecular weight is 288 g/mol. The lowest BCUT2D eigenvalue weighted by atomic mass is 10.3. The maximum Gasteiger partial charge on any atom is 0.277 e. The second-order valence-corrected chi connectivity index (χ2v) is 4.89. The fraction of sp³-hybridized carbons (Fsp3) is 0.154. The summed E-state index contributed by atoms with van der Waals surface area (Å²) in [4.78, 5) is 8.53. The Morgan fingerprint density at radius 2 is 2.05 bits per heavy atom.